The van der Waals surface area contributed by atoms with E-state index < -0.39 is 0 Å². The lowest BCUT2D eigenvalue weighted by atomic mass is 10.1. The maximum atomic E-state index is 8.66. The Morgan fingerprint density at radius 1 is 1.40 bits per heavy atom. The summed E-state index contributed by atoms with van der Waals surface area (Å²) in [5, 5.41) is 15.0. The van der Waals surface area contributed by atoms with Gasteiger partial charge in [0.2, 0.25) is 0 Å². The molecule has 0 radical (unpaired) electrons. The van der Waals surface area contributed by atoms with E-state index >= 15 is 0 Å². The summed E-state index contributed by atoms with van der Waals surface area (Å²) in [5.41, 5.74) is 1.24. The molecule has 1 heterocycles. The predicted octanol–water partition coefficient (Wildman–Crippen LogP) is 0.269. The van der Waals surface area contributed by atoms with E-state index in [0.29, 0.717) is 6.54 Å². The van der Waals surface area contributed by atoms with Gasteiger partial charge in [-0.15, -0.1) is 0 Å². The van der Waals surface area contributed by atoms with Gasteiger partial charge < -0.3 is 15.7 Å². The van der Waals surface area contributed by atoms with E-state index in [4.69, 9.17) is 5.11 Å². The van der Waals surface area contributed by atoms with Crippen molar-refractivity contribution in [3.8, 4) is 0 Å². The summed E-state index contributed by atoms with van der Waals surface area (Å²) in [5.74, 6) is 0.776. The highest BCUT2D eigenvalue weighted by Gasteiger charge is 2.17. The summed E-state index contributed by atoms with van der Waals surface area (Å²) in [4.78, 5) is 4.31. The van der Waals surface area contributed by atoms with E-state index in [1.165, 1.54) is 5.56 Å². The van der Waals surface area contributed by atoms with E-state index in [9.17, 15) is 0 Å². The third-order valence-corrected chi connectivity index (χ3v) is 2.35. The second kappa shape index (κ2) is 4.79. The SMILES string of the molecule is OCCNC1=NCC(c2ccccc2)N1. The first-order chi connectivity index (χ1) is 7.40. The van der Waals surface area contributed by atoms with Crippen molar-refractivity contribution in [3.63, 3.8) is 0 Å². The van der Waals surface area contributed by atoms with Gasteiger partial charge in [-0.2, -0.15) is 0 Å². The van der Waals surface area contributed by atoms with Crippen molar-refractivity contribution in [1.29, 1.82) is 0 Å². The standard InChI is InChI=1S/C11H15N3O/c15-7-6-12-11-13-8-10(14-11)9-4-2-1-3-5-9/h1-5,10,15H,6-8H2,(H2,12,13,14). The fraction of sp³-hybridized carbons (Fsp3) is 0.364. The zero-order chi connectivity index (χ0) is 10.5. The van der Waals surface area contributed by atoms with Crippen LogP contribution < -0.4 is 10.6 Å². The number of aliphatic hydroxyl groups is 1. The lowest BCUT2D eigenvalue weighted by Crippen LogP contribution is -2.36. The number of benzene rings is 1. The van der Waals surface area contributed by atoms with Gasteiger partial charge in [-0.1, -0.05) is 30.3 Å². The highest BCUT2D eigenvalue weighted by Crippen LogP contribution is 2.15. The van der Waals surface area contributed by atoms with E-state index in [1.54, 1.807) is 0 Å². The molecule has 0 spiro atoms. The van der Waals surface area contributed by atoms with Gasteiger partial charge in [0.15, 0.2) is 5.96 Å². The van der Waals surface area contributed by atoms with Crippen LogP contribution in [0.25, 0.3) is 0 Å². The smallest absolute Gasteiger partial charge is 0.191 e. The van der Waals surface area contributed by atoms with Crippen LogP contribution >= 0.6 is 0 Å². The molecule has 0 fully saturated rings. The topological polar surface area (TPSA) is 56.6 Å². The van der Waals surface area contributed by atoms with Crippen molar-refractivity contribution in [2.75, 3.05) is 19.7 Å². The van der Waals surface area contributed by atoms with Crippen LogP contribution in [0.15, 0.2) is 35.3 Å². The van der Waals surface area contributed by atoms with Gasteiger partial charge in [0, 0.05) is 6.54 Å². The Balaban J connectivity index is 1.90. The van der Waals surface area contributed by atoms with Gasteiger partial charge >= 0.3 is 0 Å². The monoisotopic (exact) mass is 205 g/mol. The fourth-order valence-electron chi connectivity index (χ4n) is 1.59. The Hall–Kier alpha value is -1.55. The normalized spacial score (nSPS) is 19.5. The van der Waals surface area contributed by atoms with Crippen LogP contribution in [0.2, 0.25) is 0 Å². The number of hydrogen-bond acceptors (Lipinski definition) is 4. The molecule has 4 heteroatoms. The second-order valence-corrected chi connectivity index (χ2v) is 3.45. The summed E-state index contributed by atoms with van der Waals surface area (Å²) >= 11 is 0. The predicted molar refractivity (Wildman–Crippen MR) is 59.7 cm³/mol. The van der Waals surface area contributed by atoms with Gasteiger partial charge in [0.05, 0.1) is 19.2 Å². The third kappa shape index (κ3) is 2.47. The number of hydrogen-bond donors (Lipinski definition) is 3. The highest BCUT2D eigenvalue weighted by atomic mass is 16.3. The van der Waals surface area contributed by atoms with Crippen LogP contribution in [0.4, 0.5) is 0 Å². The van der Waals surface area contributed by atoms with Crippen LogP contribution in [-0.2, 0) is 0 Å². The Bertz CT molecular complexity index is 337. The molecule has 0 saturated heterocycles. The van der Waals surface area contributed by atoms with Crippen LogP contribution in [-0.4, -0.2) is 30.8 Å². The molecule has 1 unspecified atom stereocenters. The van der Waals surface area contributed by atoms with Gasteiger partial charge in [-0.25, -0.2) is 0 Å². The number of aliphatic imine (C=N–C) groups is 1. The van der Waals surface area contributed by atoms with Crippen molar-refractivity contribution in [1.82, 2.24) is 10.6 Å². The zero-order valence-electron chi connectivity index (χ0n) is 8.48. The van der Waals surface area contributed by atoms with Crippen molar-refractivity contribution in [2.24, 2.45) is 4.99 Å². The molecule has 1 atom stereocenters. The fourth-order valence-corrected chi connectivity index (χ4v) is 1.59. The molecule has 0 aromatic heterocycles. The molecule has 1 aliphatic heterocycles. The average molecular weight is 205 g/mol. The molecule has 1 aromatic rings. The summed E-state index contributed by atoms with van der Waals surface area (Å²) < 4.78 is 0. The molecule has 1 aromatic carbocycles. The lowest BCUT2D eigenvalue weighted by molar-refractivity contribution is 0.300. The maximum absolute atomic E-state index is 8.66. The van der Waals surface area contributed by atoms with Gasteiger partial charge in [0.25, 0.3) is 0 Å². The Labute approximate surface area is 89.0 Å². The first kappa shape index (κ1) is 9.98. The van der Waals surface area contributed by atoms with Gasteiger partial charge in [-0.3, -0.25) is 4.99 Å². The minimum absolute atomic E-state index is 0.122. The van der Waals surface area contributed by atoms with Crippen LogP contribution in [0, 0.1) is 0 Å². The van der Waals surface area contributed by atoms with Crippen molar-refractivity contribution in [2.45, 2.75) is 6.04 Å². The Kier molecular flexibility index (Phi) is 3.19. The van der Waals surface area contributed by atoms with Crippen LogP contribution in [0.3, 0.4) is 0 Å². The number of rotatable bonds is 3. The largest absolute Gasteiger partial charge is 0.395 e. The minimum atomic E-state index is 0.122. The quantitative estimate of drug-likeness (QED) is 0.664. The van der Waals surface area contributed by atoms with E-state index in [1.807, 2.05) is 18.2 Å². The zero-order valence-corrected chi connectivity index (χ0v) is 8.48. The number of guanidine groups is 1. The third-order valence-electron chi connectivity index (χ3n) is 2.35. The highest BCUT2D eigenvalue weighted by molar-refractivity contribution is 5.81. The molecule has 0 aliphatic carbocycles. The Morgan fingerprint density at radius 3 is 2.93 bits per heavy atom. The number of nitrogens with one attached hydrogen (secondary N) is 2. The molecule has 80 valence electrons. The molecule has 4 nitrogen and oxygen atoms in total. The molecule has 0 amide bonds. The summed E-state index contributed by atoms with van der Waals surface area (Å²) in [6.07, 6.45) is 0. The lowest BCUT2D eigenvalue weighted by Gasteiger charge is -2.12. The summed E-state index contributed by atoms with van der Waals surface area (Å²) in [6, 6.07) is 10.5. The molecule has 2 rings (SSSR count). The van der Waals surface area contributed by atoms with E-state index in [-0.39, 0.29) is 12.6 Å². The minimum Gasteiger partial charge on any atom is -0.395 e. The molecule has 0 bridgehead atoms. The molecule has 3 N–H and O–H groups in total. The number of aliphatic hydroxyl groups excluding tert-OH is 1. The molecular weight excluding hydrogens is 190 g/mol. The van der Waals surface area contributed by atoms with Crippen molar-refractivity contribution >= 4 is 5.96 Å². The molecule has 1 aliphatic rings. The van der Waals surface area contributed by atoms with Gasteiger partial charge in [0.1, 0.15) is 0 Å². The van der Waals surface area contributed by atoms with Crippen molar-refractivity contribution in [3.05, 3.63) is 35.9 Å². The van der Waals surface area contributed by atoms with Gasteiger partial charge in [-0.05, 0) is 5.56 Å². The molecular formula is C11H15N3O. The first-order valence-corrected chi connectivity index (χ1v) is 5.11. The first-order valence-electron chi connectivity index (χ1n) is 5.11. The molecule has 15 heavy (non-hydrogen) atoms. The van der Waals surface area contributed by atoms with E-state index in [0.717, 1.165) is 12.5 Å². The summed E-state index contributed by atoms with van der Waals surface area (Å²) in [7, 11) is 0. The summed E-state index contributed by atoms with van der Waals surface area (Å²) in [6.45, 7) is 1.40. The van der Waals surface area contributed by atoms with Crippen LogP contribution in [0.1, 0.15) is 11.6 Å². The van der Waals surface area contributed by atoms with Crippen molar-refractivity contribution < 1.29 is 5.11 Å². The van der Waals surface area contributed by atoms with E-state index in [2.05, 4.69) is 27.8 Å². The second-order valence-electron chi connectivity index (χ2n) is 3.45. The maximum Gasteiger partial charge on any atom is 0.191 e. The average Bonchev–Trinajstić information content (AvgIpc) is 2.76. The van der Waals surface area contributed by atoms with Crippen LogP contribution in [0.5, 0.6) is 0 Å². The number of nitrogens with zero attached hydrogens (tertiary/aromatic N) is 1. The molecule has 0 saturated carbocycles. The Morgan fingerprint density at radius 2 is 2.20 bits per heavy atom.